The summed E-state index contributed by atoms with van der Waals surface area (Å²) in [7, 11) is 0. The SMILES string of the molecule is Oc1ccc2ccccc2c1C(CCc1ccccc1)Nc1nc2ccccc2s1. The van der Waals surface area contributed by atoms with Crippen LogP contribution in [0.25, 0.3) is 21.0 Å². The van der Waals surface area contributed by atoms with Crippen LogP contribution in [0.3, 0.4) is 0 Å². The minimum absolute atomic E-state index is 0.0585. The van der Waals surface area contributed by atoms with E-state index >= 15 is 0 Å². The van der Waals surface area contributed by atoms with E-state index in [4.69, 9.17) is 4.98 Å². The van der Waals surface area contributed by atoms with Gasteiger partial charge in [0.15, 0.2) is 5.13 Å². The zero-order valence-electron chi connectivity index (χ0n) is 16.5. The molecule has 1 unspecified atom stereocenters. The Hall–Kier alpha value is -3.37. The highest BCUT2D eigenvalue weighted by Gasteiger charge is 2.20. The zero-order valence-corrected chi connectivity index (χ0v) is 17.3. The Morgan fingerprint density at radius 1 is 0.833 bits per heavy atom. The van der Waals surface area contributed by atoms with Crippen LogP contribution >= 0.6 is 11.3 Å². The molecule has 0 saturated heterocycles. The molecule has 148 valence electrons. The number of nitrogens with zero attached hydrogens (tertiary/aromatic N) is 1. The van der Waals surface area contributed by atoms with Gasteiger partial charge in [-0.1, -0.05) is 84.1 Å². The number of aromatic hydroxyl groups is 1. The van der Waals surface area contributed by atoms with E-state index < -0.39 is 0 Å². The monoisotopic (exact) mass is 410 g/mol. The van der Waals surface area contributed by atoms with Gasteiger partial charge in [0.05, 0.1) is 16.3 Å². The van der Waals surface area contributed by atoms with E-state index in [-0.39, 0.29) is 6.04 Å². The Morgan fingerprint density at radius 2 is 1.60 bits per heavy atom. The summed E-state index contributed by atoms with van der Waals surface area (Å²) in [6.45, 7) is 0. The molecule has 30 heavy (non-hydrogen) atoms. The summed E-state index contributed by atoms with van der Waals surface area (Å²) < 4.78 is 1.16. The molecule has 0 bridgehead atoms. The second kappa shape index (κ2) is 8.17. The van der Waals surface area contributed by atoms with E-state index in [1.165, 1.54) is 5.56 Å². The van der Waals surface area contributed by atoms with Gasteiger partial charge in [-0.25, -0.2) is 4.98 Å². The molecule has 1 atom stereocenters. The first-order valence-corrected chi connectivity index (χ1v) is 11.0. The van der Waals surface area contributed by atoms with Crippen LogP contribution in [0.1, 0.15) is 23.6 Å². The van der Waals surface area contributed by atoms with Crippen molar-refractivity contribution in [3.05, 3.63) is 102 Å². The summed E-state index contributed by atoms with van der Waals surface area (Å²) in [5.74, 6) is 0.320. The van der Waals surface area contributed by atoms with Crippen molar-refractivity contribution < 1.29 is 5.11 Å². The van der Waals surface area contributed by atoms with Crippen molar-refractivity contribution >= 4 is 37.5 Å². The van der Waals surface area contributed by atoms with E-state index in [9.17, 15) is 5.11 Å². The molecule has 0 fully saturated rings. The van der Waals surface area contributed by atoms with Crippen LogP contribution in [0, 0.1) is 0 Å². The Morgan fingerprint density at radius 3 is 2.47 bits per heavy atom. The van der Waals surface area contributed by atoms with Crippen molar-refractivity contribution in [3.63, 3.8) is 0 Å². The van der Waals surface area contributed by atoms with Crippen LogP contribution in [-0.2, 0) is 6.42 Å². The molecule has 0 saturated carbocycles. The molecule has 0 amide bonds. The van der Waals surface area contributed by atoms with Crippen molar-refractivity contribution in [3.8, 4) is 5.75 Å². The molecule has 5 rings (SSSR count). The molecule has 2 N–H and O–H groups in total. The number of rotatable bonds is 6. The fourth-order valence-corrected chi connectivity index (χ4v) is 4.90. The third-order valence-corrected chi connectivity index (χ3v) is 6.42. The van der Waals surface area contributed by atoms with Gasteiger partial charge < -0.3 is 10.4 Å². The van der Waals surface area contributed by atoms with Gasteiger partial charge in [-0.05, 0) is 47.4 Å². The van der Waals surface area contributed by atoms with Crippen LogP contribution in [0.5, 0.6) is 5.75 Å². The van der Waals surface area contributed by atoms with Crippen LogP contribution in [-0.4, -0.2) is 10.1 Å². The van der Waals surface area contributed by atoms with Gasteiger partial charge in [0, 0.05) is 5.56 Å². The van der Waals surface area contributed by atoms with Gasteiger partial charge in [-0.3, -0.25) is 0 Å². The first-order chi connectivity index (χ1) is 14.8. The molecular formula is C26H22N2OS. The summed E-state index contributed by atoms with van der Waals surface area (Å²) in [4.78, 5) is 4.77. The highest BCUT2D eigenvalue weighted by atomic mass is 32.1. The zero-order chi connectivity index (χ0) is 20.3. The molecule has 0 aliphatic heterocycles. The lowest BCUT2D eigenvalue weighted by atomic mass is 9.93. The van der Waals surface area contributed by atoms with Crippen LogP contribution in [0.15, 0.2) is 91.0 Å². The van der Waals surface area contributed by atoms with Gasteiger partial charge in [-0.15, -0.1) is 0 Å². The normalized spacial score (nSPS) is 12.3. The number of benzene rings is 4. The van der Waals surface area contributed by atoms with Gasteiger partial charge in [-0.2, -0.15) is 0 Å². The summed E-state index contributed by atoms with van der Waals surface area (Å²) >= 11 is 1.65. The van der Waals surface area contributed by atoms with E-state index in [1.807, 2.05) is 42.5 Å². The molecule has 0 aliphatic carbocycles. The van der Waals surface area contributed by atoms with Crippen LogP contribution in [0.4, 0.5) is 5.13 Å². The number of aryl methyl sites for hydroxylation is 1. The summed E-state index contributed by atoms with van der Waals surface area (Å²) in [5.41, 5.74) is 3.21. The topological polar surface area (TPSA) is 45.1 Å². The maximum atomic E-state index is 10.8. The molecular weight excluding hydrogens is 388 g/mol. The minimum Gasteiger partial charge on any atom is -0.508 e. The van der Waals surface area contributed by atoms with Crippen molar-refractivity contribution in [2.24, 2.45) is 0 Å². The number of hydrogen-bond acceptors (Lipinski definition) is 4. The number of nitrogens with one attached hydrogen (secondary N) is 1. The predicted molar refractivity (Wildman–Crippen MR) is 126 cm³/mol. The van der Waals surface area contributed by atoms with E-state index in [0.717, 1.165) is 44.5 Å². The largest absolute Gasteiger partial charge is 0.508 e. The molecule has 4 aromatic carbocycles. The number of thiazole rings is 1. The molecule has 1 heterocycles. The highest BCUT2D eigenvalue weighted by Crippen LogP contribution is 2.38. The van der Waals surface area contributed by atoms with Crippen molar-refractivity contribution in [2.75, 3.05) is 5.32 Å². The molecule has 5 aromatic rings. The van der Waals surface area contributed by atoms with Crippen LogP contribution in [0.2, 0.25) is 0 Å². The molecule has 3 nitrogen and oxygen atoms in total. The maximum absolute atomic E-state index is 10.8. The fraction of sp³-hybridized carbons (Fsp3) is 0.115. The lowest BCUT2D eigenvalue weighted by Crippen LogP contribution is -2.12. The number of fused-ring (bicyclic) bond motifs is 2. The van der Waals surface area contributed by atoms with E-state index in [1.54, 1.807) is 17.4 Å². The summed E-state index contributed by atoms with van der Waals surface area (Å²) in [6.07, 6.45) is 1.76. The molecule has 0 spiro atoms. The van der Waals surface area contributed by atoms with Gasteiger partial charge >= 0.3 is 0 Å². The molecule has 0 radical (unpaired) electrons. The lowest BCUT2D eigenvalue weighted by Gasteiger charge is -2.22. The smallest absolute Gasteiger partial charge is 0.184 e. The number of hydrogen-bond donors (Lipinski definition) is 2. The second-order valence-corrected chi connectivity index (χ2v) is 8.46. The first kappa shape index (κ1) is 18.6. The predicted octanol–water partition coefficient (Wildman–Crippen LogP) is 6.94. The average Bonchev–Trinajstić information content (AvgIpc) is 3.20. The summed E-state index contributed by atoms with van der Waals surface area (Å²) in [5, 5.41) is 17.5. The molecule has 4 heteroatoms. The number of para-hydroxylation sites is 1. The summed E-state index contributed by atoms with van der Waals surface area (Å²) in [6, 6.07) is 30.6. The number of phenolic OH excluding ortho intramolecular Hbond substituents is 1. The fourth-order valence-electron chi connectivity index (χ4n) is 3.98. The van der Waals surface area contributed by atoms with E-state index in [2.05, 4.69) is 47.8 Å². The lowest BCUT2D eigenvalue weighted by molar-refractivity contribution is 0.463. The minimum atomic E-state index is -0.0585. The standard InChI is InChI=1S/C26H22N2OS/c29-23-17-15-19-10-4-5-11-20(19)25(23)22(16-14-18-8-2-1-3-9-18)28-26-27-21-12-6-7-13-24(21)30-26/h1-13,15,17,22,29H,14,16H2,(H,27,28). The number of phenols is 1. The number of anilines is 1. The number of aromatic nitrogens is 1. The van der Waals surface area contributed by atoms with Crippen LogP contribution < -0.4 is 5.32 Å². The Labute approximate surface area is 179 Å². The van der Waals surface area contributed by atoms with E-state index in [0.29, 0.717) is 5.75 Å². The van der Waals surface area contributed by atoms with Crippen molar-refractivity contribution in [2.45, 2.75) is 18.9 Å². The van der Waals surface area contributed by atoms with Gasteiger partial charge in [0.25, 0.3) is 0 Å². The quantitative estimate of drug-likeness (QED) is 0.319. The second-order valence-electron chi connectivity index (χ2n) is 7.43. The van der Waals surface area contributed by atoms with Crippen molar-refractivity contribution in [1.29, 1.82) is 0 Å². The Bertz CT molecular complexity index is 1260. The molecule has 0 aliphatic rings. The van der Waals surface area contributed by atoms with Gasteiger partial charge in [0.1, 0.15) is 5.75 Å². The Balaban J connectivity index is 1.55. The maximum Gasteiger partial charge on any atom is 0.184 e. The third kappa shape index (κ3) is 3.74. The average molecular weight is 411 g/mol. The Kier molecular flexibility index (Phi) is 5.08. The first-order valence-electron chi connectivity index (χ1n) is 10.1. The van der Waals surface area contributed by atoms with Gasteiger partial charge in [0.2, 0.25) is 0 Å². The molecule has 1 aromatic heterocycles. The third-order valence-electron chi connectivity index (χ3n) is 5.45. The highest BCUT2D eigenvalue weighted by molar-refractivity contribution is 7.22. The van der Waals surface area contributed by atoms with Crippen molar-refractivity contribution in [1.82, 2.24) is 4.98 Å².